The fraction of sp³-hybridized carbons (Fsp3) is 0.647. The van der Waals surface area contributed by atoms with Gasteiger partial charge in [0.05, 0.1) is 34.0 Å². The molecule has 1 saturated heterocycles. The molecule has 0 bridgehead atoms. The fourth-order valence-corrected chi connectivity index (χ4v) is 3.12. The summed E-state index contributed by atoms with van der Waals surface area (Å²) in [6, 6.07) is 3.78. The smallest absolute Gasteiger partial charge is 0.203 e. The number of nitrogens with zero attached hydrogens (tertiary/aromatic N) is 2. The summed E-state index contributed by atoms with van der Waals surface area (Å²) in [4.78, 5) is 4.73. The van der Waals surface area contributed by atoms with Crippen LogP contribution >= 0.6 is 0 Å². The summed E-state index contributed by atoms with van der Waals surface area (Å²) in [5.41, 5.74) is 0.979. The Kier molecular flexibility index (Phi) is 6.50. The van der Waals surface area contributed by atoms with Gasteiger partial charge in [-0.05, 0) is 24.2 Å². The second-order valence-electron chi connectivity index (χ2n) is 5.63. The Labute approximate surface area is 138 Å². The van der Waals surface area contributed by atoms with Crippen LogP contribution in [0, 0.1) is 0 Å². The molecule has 0 saturated carbocycles. The van der Waals surface area contributed by atoms with E-state index in [2.05, 4.69) is 16.7 Å². The van der Waals surface area contributed by atoms with Gasteiger partial charge in [0.2, 0.25) is 5.75 Å². The SMILES string of the molecule is CCN1CCN(C(CO)c2cc(OC)c(OC)c(OC)c2)CC1. The molecular formula is C17H28N2O4. The van der Waals surface area contributed by atoms with Gasteiger partial charge in [-0.1, -0.05) is 6.92 Å². The Morgan fingerprint density at radius 3 is 1.96 bits per heavy atom. The van der Waals surface area contributed by atoms with Gasteiger partial charge < -0.3 is 24.2 Å². The van der Waals surface area contributed by atoms with Gasteiger partial charge in [-0.15, -0.1) is 0 Å². The molecular weight excluding hydrogens is 296 g/mol. The van der Waals surface area contributed by atoms with Crippen molar-refractivity contribution in [3.63, 3.8) is 0 Å². The highest BCUT2D eigenvalue weighted by Crippen LogP contribution is 2.40. The number of ether oxygens (including phenoxy) is 3. The van der Waals surface area contributed by atoms with Crippen molar-refractivity contribution in [1.82, 2.24) is 9.80 Å². The van der Waals surface area contributed by atoms with E-state index in [1.165, 1.54) is 0 Å². The molecule has 1 aliphatic rings. The third-order valence-electron chi connectivity index (χ3n) is 4.54. The molecule has 0 aliphatic carbocycles. The van der Waals surface area contributed by atoms with Crippen molar-refractivity contribution in [3.05, 3.63) is 17.7 Å². The second kappa shape index (κ2) is 8.38. The van der Waals surface area contributed by atoms with E-state index in [1.807, 2.05) is 12.1 Å². The summed E-state index contributed by atoms with van der Waals surface area (Å²) in [6.45, 7) is 7.24. The van der Waals surface area contributed by atoms with Crippen LogP contribution in [0.25, 0.3) is 0 Å². The molecule has 1 heterocycles. The average molecular weight is 324 g/mol. The first-order chi connectivity index (χ1) is 11.2. The van der Waals surface area contributed by atoms with E-state index in [1.54, 1.807) is 21.3 Å². The molecule has 23 heavy (non-hydrogen) atoms. The maximum Gasteiger partial charge on any atom is 0.203 e. The van der Waals surface area contributed by atoms with Gasteiger partial charge in [0, 0.05) is 26.2 Å². The highest BCUT2D eigenvalue weighted by Gasteiger charge is 2.26. The number of methoxy groups -OCH3 is 3. The molecule has 0 radical (unpaired) electrons. The molecule has 1 N–H and O–H groups in total. The molecule has 130 valence electrons. The van der Waals surface area contributed by atoms with Crippen LogP contribution in [-0.2, 0) is 0 Å². The Balaban J connectivity index is 2.27. The van der Waals surface area contributed by atoms with Crippen LogP contribution in [0.15, 0.2) is 12.1 Å². The molecule has 0 spiro atoms. The molecule has 2 rings (SSSR count). The van der Waals surface area contributed by atoms with Crippen LogP contribution < -0.4 is 14.2 Å². The Morgan fingerprint density at radius 1 is 1.00 bits per heavy atom. The van der Waals surface area contributed by atoms with Gasteiger partial charge in [0.25, 0.3) is 0 Å². The molecule has 1 aromatic rings. The third kappa shape index (κ3) is 3.88. The van der Waals surface area contributed by atoms with Crippen molar-refractivity contribution in [2.24, 2.45) is 0 Å². The fourth-order valence-electron chi connectivity index (χ4n) is 3.12. The van der Waals surface area contributed by atoms with Gasteiger partial charge in [0.15, 0.2) is 11.5 Å². The molecule has 1 aromatic carbocycles. The molecule has 6 heteroatoms. The predicted molar refractivity (Wildman–Crippen MR) is 89.6 cm³/mol. The maximum absolute atomic E-state index is 9.94. The van der Waals surface area contributed by atoms with E-state index in [-0.39, 0.29) is 12.6 Å². The molecule has 1 atom stereocenters. The summed E-state index contributed by atoms with van der Waals surface area (Å²) in [5.74, 6) is 1.81. The number of aliphatic hydroxyl groups is 1. The first-order valence-electron chi connectivity index (χ1n) is 8.05. The molecule has 6 nitrogen and oxygen atoms in total. The van der Waals surface area contributed by atoms with Crippen molar-refractivity contribution in [2.75, 3.05) is 60.7 Å². The van der Waals surface area contributed by atoms with Gasteiger partial charge >= 0.3 is 0 Å². The van der Waals surface area contributed by atoms with Crippen LogP contribution in [0.1, 0.15) is 18.5 Å². The quantitative estimate of drug-likeness (QED) is 0.818. The standard InChI is InChI=1S/C17H28N2O4/c1-5-18-6-8-19(9-7-18)14(12-20)13-10-15(21-2)17(23-4)16(11-13)22-3/h10-11,14,20H,5-9,12H2,1-4H3. The summed E-state index contributed by atoms with van der Waals surface area (Å²) in [7, 11) is 4.80. The highest BCUT2D eigenvalue weighted by atomic mass is 16.5. The van der Waals surface area contributed by atoms with E-state index >= 15 is 0 Å². The predicted octanol–water partition coefficient (Wildman–Crippen LogP) is 1.38. The lowest BCUT2D eigenvalue weighted by molar-refractivity contribution is 0.0670. The van der Waals surface area contributed by atoms with Gasteiger partial charge in [-0.2, -0.15) is 0 Å². The molecule has 1 fully saturated rings. The number of piperazine rings is 1. The lowest BCUT2D eigenvalue weighted by Gasteiger charge is -2.38. The molecule has 0 amide bonds. The van der Waals surface area contributed by atoms with Crippen LogP contribution in [0.2, 0.25) is 0 Å². The van der Waals surface area contributed by atoms with Gasteiger partial charge in [-0.3, -0.25) is 4.90 Å². The zero-order valence-electron chi connectivity index (χ0n) is 14.5. The summed E-state index contributed by atoms with van der Waals surface area (Å²) >= 11 is 0. The number of aliphatic hydroxyl groups excluding tert-OH is 1. The monoisotopic (exact) mass is 324 g/mol. The summed E-state index contributed by atoms with van der Waals surface area (Å²) in [6.07, 6.45) is 0. The van der Waals surface area contributed by atoms with E-state index in [4.69, 9.17) is 14.2 Å². The minimum absolute atomic E-state index is 0.0603. The van der Waals surface area contributed by atoms with Crippen LogP contribution in [0.3, 0.4) is 0 Å². The highest BCUT2D eigenvalue weighted by molar-refractivity contribution is 5.54. The minimum Gasteiger partial charge on any atom is -0.493 e. The topological polar surface area (TPSA) is 54.4 Å². The summed E-state index contributed by atoms with van der Waals surface area (Å²) in [5, 5.41) is 9.94. The molecule has 0 aromatic heterocycles. The largest absolute Gasteiger partial charge is 0.493 e. The van der Waals surface area contributed by atoms with Crippen molar-refractivity contribution in [2.45, 2.75) is 13.0 Å². The number of hydrogen-bond donors (Lipinski definition) is 1. The van der Waals surface area contributed by atoms with E-state index in [0.717, 1.165) is 38.3 Å². The minimum atomic E-state index is -0.0669. The Hall–Kier alpha value is -1.50. The van der Waals surface area contributed by atoms with Gasteiger partial charge in [0.1, 0.15) is 0 Å². The maximum atomic E-state index is 9.94. The number of hydrogen-bond acceptors (Lipinski definition) is 6. The van der Waals surface area contributed by atoms with E-state index < -0.39 is 0 Å². The van der Waals surface area contributed by atoms with Crippen LogP contribution in [0.5, 0.6) is 17.2 Å². The van der Waals surface area contributed by atoms with Crippen molar-refractivity contribution < 1.29 is 19.3 Å². The zero-order chi connectivity index (χ0) is 16.8. The third-order valence-corrected chi connectivity index (χ3v) is 4.54. The zero-order valence-corrected chi connectivity index (χ0v) is 14.5. The van der Waals surface area contributed by atoms with E-state index in [0.29, 0.717) is 17.2 Å². The lowest BCUT2D eigenvalue weighted by atomic mass is 10.0. The first-order valence-corrected chi connectivity index (χ1v) is 8.05. The molecule has 1 aliphatic heterocycles. The Morgan fingerprint density at radius 2 is 1.57 bits per heavy atom. The van der Waals surface area contributed by atoms with Crippen molar-refractivity contribution in [1.29, 1.82) is 0 Å². The lowest BCUT2D eigenvalue weighted by Crippen LogP contribution is -2.48. The van der Waals surface area contributed by atoms with Crippen LogP contribution in [0.4, 0.5) is 0 Å². The van der Waals surface area contributed by atoms with Crippen molar-refractivity contribution in [3.8, 4) is 17.2 Å². The van der Waals surface area contributed by atoms with E-state index in [9.17, 15) is 5.11 Å². The Bertz CT molecular complexity index is 476. The molecule has 1 unspecified atom stereocenters. The van der Waals surface area contributed by atoms with Crippen LogP contribution in [-0.4, -0.2) is 75.6 Å². The second-order valence-corrected chi connectivity index (χ2v) is 5.63. The number of benzene rings is 1. The summed E-state index contributed by atoms with van der Waals surface area (Å²) < 4.78 is 16.2. The van der Waals surface area contributed by atoms with Crippen molar-refractivity contribution >= 4 is 0 Å². The average Bonchev–Trinajstić information content (AvgIpc) is 2.61. The number of likely N-dealkylation sites (N-methyl/N-ethyl adjacent to an activating group) is 1. The normalized spacial score (nSPS) is 17.8. The first kappa shape index (κ1) is 17.8. The van der Waals surface area contributed by atoms with Gasteiger partial charge in [-0.25, -0.2) is 0 Å². The number of rotatable bonds is 7.